The summed E-state index contributed by atoms with van der Waals surface area (Å²) in [5.41, 5.74) is 1.20. The van der Waals surface area contributed by atoms with Crippen LogP contribution in [0, 0.1) is 0 Å². The van der Waals surface area contributed by atoms with Gasteiger partial charge in [-0.15, -0.1) is 0 Å². The van der Waals surface area contributed by atoms with Crippen molar-refractivity contribution in [3.8, 4) is 5.75 Å². The van der Waals surface area contributed by atoms with Crippen LogP contribution in [0.2, 0.25) is 0 Å². The molecule has 1 aliphatic heterocycles. The number of hydrogen-bond donors (Lipinski definition) is 0. The van der Waals surface area contributed by atoms with Crippen molar-refractivity contribution in [1.82, 2.24) is 0 Å². The predicted octanol–water partition coefficient (Wildman–Crippen LogP) is 6.71. The lowest BCUT2D eigenvalue weighted by atomic mass is 10.0. The third-order valence-corrected chi connectivity index (χ3v) is 5.91. The number of ether oxygens (including phenoxy) is 1. The molecule has 2 rings (SSSR count). The van der Waals surface area contributed by atoms with Gasteiger partial charge < -0.3 is 9.64 Å². The van der Waals surface area contributed by atoms with Crippen molar-refractivity contribution in [2.75, 3.05) is 18.6 Å². The van der Waals surface area contributed by atoms with Crippen molar-refractivity contribution < 1.29 is 14.3 Å². The van der Waals surface area contributed by atoms with Gasteiger partial charge in [-0.1, -0.05) is 90.4 Å². The van der Waals surface area contributed by atoms with E-state index in [4.69, 9.17) is 4.74 Å². The molecule has 162 valence electrons. The molecule has 0 fully saturated rings. The van der Waals surface area contributed by atoms with Crippen LogP contribution >= 0.6 is 0 Å². The number of ketones is 1. The number of amides is 1. The molecular formula is C25H39NO3. The Hall–Kier alpha value is -1.84. The normalized spacial score (nSPS) is 13.2. The molecule has 1 aromatic rings. The Balaban J connectivity index is 1.51. The van der Waals surface area contributed by atoms with Crippen LogP contribution in [0.4, 0.5) is 5.69 Å². The number of methoxy groups -OCH3 is 1. The number of Topliss-reactive ketones (excluding diaryl/α,β-unsaturated/α-hetero) is 1. The van der Waals surface area contributed by atoms with E-state index in [2.05, 4.69) is 6.92 Å². The number of anilines is 1. The van der Waals surface area contributed by atoms with Crippen LogP contribution in [0.25, 0.3) is 0 Å². The van der Waals surface area contributed by atoms with E-state index in [-0.39, 0.29) is 0 Å². The van der Waals surface area contributed by atoms with Gasteiger partial charge in [-0.05, 0) is 24.6 Å². The topological polar surface area (TPSA) is 46.6 Å². The molecule has 0 aliphatic carbocycles. The second-order valence-corrected chi connectivity index (χ2v) is 8.27. The summed E-state index contributed by atoms with van der Waals surface area (Å²) < 4.78 is 5.16. The Labute approximate surface area is 177 Å². The molecule has 0 aromatic heterocycles. The molecule has 0 atom stereocenters. The molecule has 0 saturated heterocycles. The summed E-state index contributed by atoms with van der Waals surface area (Å²) in [6.45, 7) is 2.89. The number of carbonyl (C=O) groups excluding carboxylic acids is 2. The highest BCUT2D eigenvalue weighted by Crippen LogP contribution is 2.32. The van der Waals surface area contributed by atoms with Crippen LogP contribution in [-0.2, 0) is 4.79 Å². The maximum absolute atomic E-state index is 12.3. The molecule has 0 radical (unpaired) electrons. The Morgan fingerprint density at radius 1 is 0.759 bits per heavy atom. The SMILES string of the molecule is CCCCCCCCCCCCCCCCN1C(=O)C(=O)c2cc(OC)ccc21. The van der Waals surface area contributed by atoms with Gasteiger partial charge in [-0.25, -0.2) is 0 Å². The van der Waals surface area contributed by atoms with Gasteiger partial charge in [0, 0.05) is 6.54 Å². The highest BCUT2D eigenvalue weighted by molar-refractivity contribution is 6.52. The van der Waals surface area contributed by atoms with Crippen molar-refractivity contribution in [3.63, 3.8) is 0 Å². The number of nitrogens with zero attached hydrogens (tertiary/aromatic N) is 1. The van der Waals surface area contributed by atoms with Gasteiger partial charge >= 0.3 is 0 Å². The maximum Gasteiger partial charge on any atom is 0.299 e. The van der Waals surface area contributed by atoms with E-state index >= 15 is 0 Å². The Bertz CT molecular complexity index is 641. The third kappa shape index (κ3) is 7.49. The number of benzene rings is 1. The quantitative estimate of drug-likeness (QED) is 0.228. The average molecular weight is 402 g/mol. The van der Waals surface area contributed by atoms with Gasteiger partial charge in [-0.2, -0.15) is 0 Å². The Kier molecular flexibility index (Phi) is 10.8. The third-order valence-electron chi connectivity index (χ3n) is 5.91. The van der Waals surface area contributed by atoms with E-state index in [9.17, 15) is 9.59 Å². The summed E-state index contributed by atoms with van der Waals surface area (Å²) in [6.07, 6.45) is 18.3. The Morgan fingerprint density at radius 3 is 1.79 bits per heavy atom. The van der Waals surface area contributed by atoms with E-state index in [0.717, 1.165) is 18.5 Å². The maximum atomic E-state index is 12.3. The summed E-state index contributed by atoms with van der Waals surface area (Å²) in [6, 6.07) is 5.30. The van der Waals surface area contributed by atoms with Crippen molar-refractivity contribution >= 4 is 17.4 Å². The first-order valence-electron chi connectivity index (χ1n) is 11.7. The summed E-state index contributed by atoms with van der Waals surface area (Å²) in [7, 11) is 1.56. The van der Waals surface area contributed by atoms with Gasteiger partial charge in [0.05, 0.1) is 18.4 Å². The first-order valence-corrected chi connectivity index (χ1v) is 11.7. The second kappa shape index (κ2) is 13.4. The van der Waals surface area contributed by atoms with E-state index in [1.807, 2.05) is 12.1 Å². The van der Waals surface area contributed by atoms with Crippen LogP contribution in [0.5, 0.6) is 5.75 Å². The monoisotopic (exact) mass is 401 g/mol. The van der Waals surface area contributed by atoms with Crippen LogP contribution in [0.15, 0.2) is 18.2 Å². The lowest BCUT2D eigenvalue weighted by Crippen LogP contribution is -2.30. The molecular weight excluding hydrogens is 362 g/mol. The van der Waals surface area contributed by atoms with E-state index in [1.165, 1.54) is 77.0 Å². The smallest absolute Gasteiger partial charge is 0.299 e. The van der Waals surface area contributed by atoms with Crippen molar-refractivity contribution in [3.05, 3.63) is 23.8 Å². The number of unbranched alkanes of at least 4 members (excludes halogenated alkanes) is 13. The van der Waals surface area contributed by atoms with Crippen LogP contribution < -0.4 is 9.64 Å². The molecule has 0 spiro atoms. The number of hydrogen-bond acceptors (Lipinski definition) is 3. The molecule has 1 amide bonds. The molecule has 1 heterocycles. The van der Waals surface area contributed by atoms with Gasteiger partial charge in [-0.3, -0.25) is 9.59 Å². The predicted molar refractivity (Wildman–Crippen MR) is 120 cm³/mol. The van der Waals surface area contributed by atoms with Gasteiger partial charge in [0.2, 0.25) is 0 Å². The summed E-state index contributed by atoms with van der Waals surface area (Å²) in [5, 5.41) is 0. The van der Waals surface area contributed by atoms with Crippen LogP contribution in [-0.4, -0.2) is 25.3 Å². The summed E-state index contributed by atoms with van der Waals surface area (Å²) in [4.78, 5) is 26.1. The zero-order chi connectivity index (χ0) is 20.9. The molecule has 0 N–H and O–H groups in total. The minimum Gasteiger partial charge on any atom is -0.497 e. The standard InChI is InChI=1S/C25H39NO3/c1-3-4-5-6-7-8-9-10-11-12-13-14-15-16-19-26-23-18-17-21(29-2)20-22(23)24(27)25(26)28/h17-18,20H,3-16,19H2,1-2H3. The highest BCUT2D eigenvalue weighted by Gasteiger charge is 2.35. The number of fused-ring (bicyclic) bond motifs is 1. The Morgan fingerprint density at radius 2 is 1.28 bits per heavy atom. The second-order valence-electron chi connectivity index (χ2n) is 8.27. The number of carbonyl (C=O) groups is 2. The van der Waals surface area contributed by atoms with Gasteiger partial charge in [0.1, 0.15) is 5.75 Å². The lowest BCUT2D eigenvalue weighted by Gasteiger charge is -2.16. The largest absolute Gasteiger partial charge is 0.497 e. The first-order chi connectivity index (χ1) is 14.2. The van der Waals surface area contributed by atoms with Crippen LogP contribution in [0.1, 0.15) is 107 Å². The zero-order valence-electron chi connectivity index (χ0n) is 18.5. The van der Waals surface area contributed by atoms with Gasteiger partial charge in [0.25, 0.3) is 11.7 Å². The molecule has 4 nitrogen and oxygen atoms in total. The molecule has 1 aliphatic rings. The fourth-order valence-corrected chi connectivity index (χ4v) is 4.09. The molecule has 1 aromatic carbocycles. The van der Waals surface area contributed by atoms with E-state index < -0.39 is 11.7 Å². The van der Waals surface area contributed by atoms with Crippen molar-refractivity contribution in [1.29, 1.82) is 0 Å². The minimum atomic E-state index is -0.413. The fourth-order valence-electron chi connectivity index (χ4n) is 4.09. The zero-order valence-corrected chi connectivity index (χ0v) is 18.5. The lowest BCUT2D eigenvalue weighted by molar-refractivity contribution is -0.114. The minimum absolute atomic E-state index is 0.400. The molecule has 4 heteroatoms. The van der Waals surface area contributed by atoms with Crippen molar-refractivity contribution in [2.45, 2.75) is 96.8 Å². The number of rotatable bonds is 16. The average Bonchev–Trinajstić information content (AvgIpc) is 2.98. The van der Waals surface area contributed by atoms with Crippen LogP contribution in [0.3, 0.4) is 0 Å². The molecule has 29 heavy (non-hydrogen) atoms. The van der Waals surface area contributed by atoms with E-state index in [1.54, 1.807) is 18.1 Å². The van der Waals surface area contributed by atoms with Crippen molar-refractivity contribution in [2.24, 2.45) is 0 Å². The summed E-state index contributed by atoms with van der Waals surface area (Å²) >= 11 is 0. The first kappa shape index (κ1) is 23.4. The fraction of sp³-hybridized carbons (Fsp3) is 0.680. The van der Waals surface area contributed by atoms with E-state index in [0.29, 0.717) is 17.9 Å². The van der Waals surface area contributed by atoms with Gasteiger partial charge in [0.15, 0.2) is 0 Å². The molecule has 0 bridgehead atoms. The molecule has 0 unspecified atom stereocenters. The summed E-state index contributed by atoms with van der Waals surface area (Å²) in [5.74, 6) is -0.199. The highest BCUT2D eigenvalue weighted by atomic mass is 16.5. The molecule has 0 saturated carbocycles.